The average Bonchev–Trinajstić information content (AvgIpc) is 2.53. The van der Waals surface area contributed by atoms with Gasteiger partial charge in [-0.05, 0) is 19.9 Å². The van der Waals surface area contributed by atoms with Crippen LogP contribution in [0, 0.1) is 13.8 Å². The maximum absolute atomic E-state index is 11.6. The monoisotopic (exact) mass is 227 g/mol. The predicted octanol–water partition coefficient (Wildman–Crippen LogP) is 1.27. The van der Waals surface area contributed by atoms with Gasteiger partial charge in [-0.25, -0.2) is 0 Å². The van der Waals surface area contributed by atoms with Gasteiger partial charge in [0.25, 0.3) is 5.91 Å². The summed E-state index contributed by atoms with van der Waals surface area (Å²) in [7, 11) is 1.29. The number of carbonyl (C=O) groups excluding carboxylic acids is 2. The van der Waals surface area contributed by atoms with Crippen molar-refractivity contribution < 1.29 is 14.3 Å². The molecule has 0 atom stereocenters. The molecule has 0 saturated carbocycles. The molecule has 0 bridgehead atoms. The van der Waals surface area contributed by atoms with Crippen LogP contribution in [-0.2, 0) is 9.53 Å². The second-order valence-electron chi connectivity index (χ2n) is 3.09. The van der Waals surface area contributed by atoms with Crippen LogP contribution in [0.2, 0.25) is 0 Å². The Morgan fingerprint density at radius 3 is 2.60 bits per heavy atom. The van der Waals surface area contributed by atoms with E-state index in [-0.39, 0.29) is 12.5 Å². The maximum atomic E-state index is 11.6. The van der Waals surface area contributed by atoms with Crippen LogP contribution in [0.25, 0.3) is 0 Å². The molecule has 0 radical (unpaired) electrons. The van der Waals surface area contributed by atoms with Crippen LogP contribution in [0.1, 0.15) is 20.1 Å². The van der Waals surface area contributed by atoms with Crippen LogP contribution in [0.15, 0.2) is 6.07 Å². The summed E-state index contributed by atoms with van der Waals surface area (Å²) in [4.78, 5) is 24.4. The maximum Gasteiger partial charge on any atom is 0.325 e. The summed E-state index contributed by atoms with van der Waals surface area (Å²) in [5.74, 6) is -0.685. The summed E-state index contributed by atoms with van der Waals surface area (Å²) >= 11 is 1.56. The Bertz CT molecular complexity index is 384. The molecule has 0 aliphatic carbocycles. The van der Waals surface area contributed by atoms with Gasteiger partial charge in [-0.15, -0.1) is 11.3 Å². The van der Waals surface area contributed by atoms with Crippen molar-refractivity contribution in [1.29, 1.82) is 0 Å². The quantitative estimate of drug-likeness (QED) is 0.791. The number of esters is 1. The molecule has 1 rings (SSSR count). The Morgan fingerprint density at radius 1 is 1.47 bits per heavy atom. The fourth-order valence-corrected chi connectivity index (χ4v) is 2.10. The number of amides is 1. The molecule has 0 fully saturated rings. The summed E-state index contributed by atoms with van der Waals surface area (Å²) in [6, 6.07) is 1.81. The topological polar surface area (TPSA) is 55.4 Å². The second kappa shape index (κ2) is 4.93. The highest BCUT2D eigenvalue weighted by Crippen LogP contribution is 2.20. The normalized spacial score (nSPS) is 9.80. The average molecular weight is 227 g/mol. The van der Waals surface area contributed by atoms with Crippen molar-refractivity contribution in [1.82, 2.24) is 5.32 Å². The van der Waals surface area contributed by atoms with Crippen molar-refractivity contribution in [2.75, 3.05) is 13.7 Å². The molecule has 1 aromatic heterocycles. The Morgan fingerprint density at radius 2 is 2.13 bits per heavy atom. The highest BCUT2D eigenvalue weighted by Gasteiger charge is 2.12. The molecule has 1 aromatic rings. The van der Waals surface area contributed by atoms with Gasteiger partial charge in [-0.3, -0.25) is 9.59 Å². The summed E-state index contributed by atoms with van der Waals surface area (Å²) in [5.41, 5.74) is 0.626. The number of aryl methyl sites for hydroxylation is 2. The fourth-order valence-electron chi connectivity index (χ4n) is 1.18. The lowest BCUT2D eigenvalue weighted by molar-refractivity contribution is -0.139. The van der Waals surface area contributed by atoms with E-state index >= 15 is 0 Å². The Kier molecular flexibility index (Phi) is 3.85. The molecule has 1 amide bonds. The summed E-state index contributed by atoms with van der Waals surface area (Å²) in [5, 5.41) is 2.50. The van der Waals surface area contributed by atoms with Crippen LogP contribution in [0.4, 0.5) is 0 Å². The van der Waals surface area contributed by atoms with Gasteiger partial charge in [0.05, 0.1) is 12.7 Å². The lowest BCUT2D eigenvalue weighted by atomic mass is 10.2. The Balaban J connectivity index is 2.61. The first-order chi connectivity index (χ1) is 7.04. The molecular weight excluding hydrogens is 214 g/mol. The van der Waals surface area contributed by atoms with E-state index in [1.54, 1.807) is 11.3 Å². The molecule has 0 spiro atoms. The van der Waals surface area contributed by atoms with E-state index in [2.05, 4.69) is 10.1 Å². The molecular formula is C10H13NO3S. The van der Waals surface area contributed by atoms with Gasteiger partial charge >= 0.3 is 5.97 Å². The molecule has 15 heavy (non-hydrogen) atoms. The zero-order chi connectivity index (χ0) is 11.4. The lowest BCUT2D eigenvalue weighted by Crippen LogP contribution is -2.30. The lowest BCUT2D eigenvalue weighted by Gasteiger charge is -2.02. The molecule has 82 valence electrons. The molecule has 1 N–H and O–H groups in total. The standard InChI is InChI=1S/C10H13NO3S/c1-6-4-8(7(2)15-6)10(13)11-5-9(12)14-3/h4H,5H2,1-3H3,(H,11,13). The third-order valence-corrected chi connectivity index (χ3v) is 2.87. The molecule has 0 aliphatic heterocycles. The minimum Gasteiger partial charge on any atom is -0.468 e. The smallest absolute Gasteiger partial charge is 0.325 e. The molecule has 1 heterocycles. The third-order valence-electron chi connectivity index (χ3n) is 1.91. The van der Waals surface area contributed by atoms with Crippen LogP contribution in [0.3, 0.4) is 0 Å². The number of carbonyl (C=O) groups is 2. The van der Waals surface area contributed by atoms with Gasteiger partial charge < -0.3 is 10.1 Å². The van der Waals surface area contributed by atoms with Crippen molar-refractivity contribution in [3.05, 3.63) is 21.4 Å². The van der Waals surface area contributed by atoms with Crippen LogP contribution in [-0.4, -0.2) is 25.5 Å². The minimum absolute atomic E-state index is 0.0936. The summed E-state index contributed by atoms with van der Waals surface area (Å²) in [6.45, 7) is 3.73. The van der Waals surface area contributed by atoms with Gasteiger partial charge in [0.1, 0.15) is 6.54 Å². The third kappa shape index (κ3) is 3.06. The number of thiophene rings is 1. The SMILES string of the molecule is COC(=O)CNC(=O)c1cc(C)sc1C. The Labute approximate surface area is 92.2 Å². The largest absolute Gasteiger partial charge is 0.468 e. The molecule has 0 aliphatic rings. The minimum atomic E-state index is -0.451. The van der Waals surface area contributed by atoms with Gasteiger partial charge in [-0.1, -0.05) is 0 Å². The van der Waals surface area contributed by atoms with E-state index in [1.165, 1.54) is 7.11 Å². The molecule has 0 unspecified atom stereocenters. The Hall–Kier alpha value is -1.36. The van der Waals surface area contributed by atoms with E-state index in [0.29, 0.717) is 5.56 Å². The van der Waals surface area contributed by atoms with Crippen molar-refractivity contribution in [3.63, 3.8) is 0 Å². The number of methoxy groups -OCH3 is 1. The first-order valence-electron chi connectivity index (χ1n) is 4.46. The predicted molar refractivity (Wildman–Crippen MR) is 58.1 cm³/mol. The number of hydrogen-bond acceptors (Lipinski definition) is 4. The molecule has 0 saturated heterocycles. The van der Waals surface area contributed by atoms with Crippen molar-refractivity contribution in [3.8, 4) is 0 Å². The van der Waals surface area contributed by atoms with E-state index in [0.717, 1.165) is 9.75 Å². The molecule has 0 aromatic carbocycles. The zero-order valence-electron chi connectivity index (χ0n) is 8.92. The molecule has 4 nitrogen and oxygen atoms in total. The van der Waals surface area contributed by atoms with Gasteiger partial charge in [0.2, 0.25) is 0 Å². The number of hydrogen-bond donors (Lipinski definition) is 1. The van der Waals surface area contributed by atoms with Crippen LogP contribution in [0.5, 0.6) is 0 Å². The first kappa shape index (κ1) is 11.7. The second-order valence-corrected chi connectivity index (χ2v) is 4.55. The van der Waals surface area contributed by atoms with E-state index < -0.39 is 5.97 Å². The highest BCUT2D eigenvalue weighted by atomic mass is 32.1. The summed E-state index contributed by atoms with van der Waals surface area (Å²) in [6.07, 6.45) is 0. The van der Waals surface area contributed by atoms with E-state index in [9.17, 15) is 9.59 Å². The van der Waals surface area contributed by atoms with Crippen LogP contribution < -0.4 is 5.32 Å². The van der Waals surface area contributed by atoms with Gasteiger partial charge in [0, 0.05) is 9.75 Å². The van der Waals surface area contributed by atoms with E-state index in [1.807, 2.05) is 19.9 Å². The highest BCUT2D eigenvalue weighted by molar-refractivity contribution is 7.12. The first-order valence-corrected chi connectivity index (χ1v) is 5.28. The number of ether oxygens (including phenoxy) is 1. The number of nitrogens with one attached hydrogen (secondary N) is 1. The van der Waals surface area contributed by atoms with Gasteiger partial charge in [0.15, 0.2) is 0 Å². The van der Waals surface area contributed by atoms with Crippen LogP contribution >= 0.6 is 11.3 Å². The number of rotatable bonds is 3. The fraction of sp³-hybridized carbons (Fsp3) is 0.400. The van der Waals surface area contributed by atoms with E-state index in [4.69, 9.17) is 0 Å². The van der Waals surface area contributed by atoms with Crippen molar-refractivity contribution >= 4 is 23.2 Å². The molecule has 5 heteroatoms. The zero-order valence-corrected chi connectivity index (χ0v) is 9.73. The van der Waals surface area contributed by atoms with Gasteiger partial charge in [-0.2, -0.15) is 0 Å². The van der Waals surface area contributed by atoms with Crippen molar-refractivity contribution in [2.45, 2.75) is 13.8 Å². The summed E-state index contributed by atoms with van der Waals surface area (Å²) < 4.78 is 4.42. The van der Waals surface area contributed by atoms with Crippen molar-refractivity contribution in [2.24, 2.45) is 0 Å².